The van der Waals surface area contributed by atoms with Crippen LogP contribution in [0, 0.1) is 11.3 Å². The van der Waals surface area contributed by atoms with Crippen LogP contribution in [0.25, 0.3) is 0 Å². The van der Waals surface area contributed by atoms with Crippen molar-refractivity contribution in [1.29, 1.82) is 5.26 Å². The van der Waals surface area contributed by atoms with Crippen molar-refractivity contribution in [3.63, 3.8) is 0 Å². The minimum Gasteiger partial charge on any atom is -0.192 e. The lowest BCUT2D eigenvalue weighted by atomic mass is 10.2. The largest absolute Gasteiger partial charge is 0.192 e. The summed E-state index contributed by atoms with van der Waals surface area (Å²) in [5.74, 6) is 0.776. The number of thioether (sulfide) groups is 1. The Balaban J connectivity index is 2.13. The number of rotatable bonds is 3. The van der Waals surface area contributed by atoms with Gasteiger partial charge in [-0.2, -0.15) is 5.26 Å². The molecule has 0 aliphatic carbocycles. The monoisotopic (exact) mass is 259 g/mol. The van der Waals surface area contributed by atoms with E-state index in [2.05, 4.69) is 6.07 Å². The number of hydrogen-bond acceptors (Lipinski definition) is 2. The van der Waals surface area contributed by atoms with Crippen LogP contribution < -0.4 is 0 Å². The van der Waals surface area contributed by atoms with Crippen LogP contribution in [0.5, 0.6) is 0 Å². The smallest absolute Gasteiger partial charge is 0.100 e. The van der Waals surface area contributed by atoms with E-state index in [0.717, 1.165) is 21.2 Å². The molecule has 0 fully saturated rings. The molecule has 2 aromatic rings. The molecule has 84 valence electrons. The molecule has 17 heavy (non-hydrogen) atoms. The second-order valence-electron chi connectivity index (χ2n) is 3.49. The lowest BCUT2D eigenvalue weighted by molar-refractivity contribution is 1.34. The number of nitriles is 1. The molecule has 0 bridgehead atoms. The Labute approximate surface area is 110 Å². The summed E-state index contributed by atoms with van der Waals surface area (Å²) >= 11 is 7.72. The topological polar surface area (TPSA) is 23.8 Å². The second-order valence-corrected chi connectivity index (χ2v) is 4.91. The minimum absolute atomic E-state index is 0.713. The molecule has 0 aliphatic heterocycles. The van der Waals surface area contributed by atoms with Crippen molar-refractivity contribution < 1.29 is 0 Å². The number of hydrogen-bond donors (Lipinski definition) is 0. The highest BCUT2D eigenvalue weighted by atomic mass is 35.5. The lowest BCUT2D eigenvalue weighted by Gasteiger charge is -2.05. The molecule has 0 N–H and O–H groups in total. The fourth-order valence-electron chi connectivity index (χ4n) is 1.46. The van der Waals surface area contributed by atoms with Crippen molar-refractivity contribution in [2.75, 3.05) is 0 Å². The normalized spacial score (nSPS) is 9.88. The van der Waals surface area contributed by atoms with Gasteiger partial charge in [0.1, 0.15) is 6.07 Å². The van der Waals surface area contributed by atoms with Crippen molar-refractivity contribution in [1.82, 2.24) is 0 Å². The van der Waals surface area contributed by atoms with Crippen LogP contribution in [0.3, 0.4) is 0 Å². The third-order valence-electron chi connectivity index (χ3n) is 2.35. The van der Waals surface area contributed by atoms with Crippen LogP contribution in [0.15, 0.2) is 53.4 Å². The highest BCUT2D eigenvalue weighted by Gasteiger charge is 2.04. The molecule has 0 atom stereocenters. The van der Waals surface area contributed by atoms with Gasteiger partial charge in [0.2, 0.25) is 0 Å². The van der Waals surface area contributed by atoms with Gasteiger partial charge in [0.05, 0.1) is 5.56 Å². The minimum atomic E-state index is 0.713. The van der Waals surface area contributed by atoms with Gasteiger partial charge in [0, 0.05) is 15.7 Å². The molecule has 2 rings (SSSR count). The van der Waals surface area contributed by atoms with E-state index < -0.39 is 0 Å². The van der Waals surface area contributed by atoms with Gasteiger partial charge < -0.3 is 0 Å². The zero-order valence-corrected chi connectivity index (χ0v) is 10.6. The zero-order chi connectivity index (χ0) is 12.1. The number of nitrogens with zero attached hydrogens (tertiary/aromatic N) is 1. The summed E-state index contributed by atoms with van der Waals surface area (Å²) in [5.41, 5.74) is 1.80. The fraction of sp³-hybridized carbons (Fsp3) is 0.0714. The third-order valence-corrected chi connectivity index (χ3v) is 3.84. The third kappa shape index (κ3) is 3.03. The molecule has 0 saturated carbocycles. The SMILES string of the molecule is N#Cc1ccccc1SCc1ccccc1Cl. The van der Waals surface area contributed by atoms with Crippen LogP contribution in [0.4, 0.5) is 0 Å². The van der Waals surface area contributed by atoms with E-state index in [1.807, 2.05) is 48.5 Å². The molecular weight excluding hydrogens is 250 g/mol. The van der Waals surface area contributed by atoms with Gasteiger partial charge in [-0.15, -0.1) is 11.8 Å². The average Bonchev–Trinajstić information content (AvgIpc) is 2.38. The van der Waals surface area contributed by atoms with Gasteiger partial charge in [-0.3, -0.25) is 0 Å². The Morgan fingerprint density at radius 3 is 2.53 bits per heavy atom. The first-order valence-electron chi connectivity index (χ1n) is 5.16. The van der Waals surface area contributed by atoms with E-state index in [4.69, 9.17) is 16.9 Å². The number of halogens is 1. The summed E-state index contributed by atoms with van der Waals surface area (Å²) in [4.78, 5) is 0.995. The molecule has 3 heteroatoms. The standard InChI is InChI=1S/C14H10ClNS/c15-13-7-3-1-6-12(13)10-17-14-8-4-2-5-11(14)9-16/h1-8H,10H2. The van der Waals surface area contributed by atoms with E-state index in [1.165, 1.54) is 0 Å². The van der Waals surface area contributed by atoms with Crippen molar-refractivity contribution in [3.8, 4) is 6.07 Å². The maximum atomic E-state index is 8.98. The molecule has 2 aromatic carbocycles. The van der Waals surface area contributed by atoms with E-state index in [9.17, 15) is 0 Å². The Morgan fingerprint density at radius 1 is 1.06 bits per heavy atom. The predicted octanol–water partition coefficient (Wildman–Crippen LogP) is 4.50. The van der Waals surface area contributed by atoms with Gasteiger partial charge in [-0.05, 0) is 23.8 Å². The molecule has 1 nitrogen and oxygen atoms in total. The summed E-state index contributed by atoms with van der Waals surface area (Å²) in [5, 5.41) is 9.75. The second kappa shape index (κ2) is 5.77. The van der Waals surface area contributed by atoms with Gasteiger partial charge in [-0.1, -0.05) is 41.9 Å². The first-order valence-corrected chi connectivity index (χ1v) is 6.53. The molecule has 0 radical (unpaired) electrons. The highest BCUT2D eigenvalue weighted by molar-refractivity contribution is 7.98. The fourth-order valence-corrected chi connectivity index (χ4v) is 2.74. The van der Waals surface area contributed by atoms with Gasteiger partial charge in [0.25, 0.3) is 0 Å². The average molecular weight is 260 g/mol. The zero-order valence-electron chi connectivity index (χ0n) is 9.06. The van der Waals surface area contributed by atoms with Crippen LogP contribution >= 0.6 is 23.4 Å². The summed E-state index contributed by atoms with van der Waals surface area (Å²) < 4.78 is 0. The van der Waals surface area contributed by atoms with Gasteiger partial charge in [0.15, 0.2) is 0 Å². The Bertz CT molecular complexity index is 560. The van der Waals surface area contributed by atoms with E-state index in [0.29, 0.717) is 5.56 Å². The van der Waals surface area contributed by atoms with Crippen molar-refractivity contribution in [3.05, 3.63) is 64.7 Å². The van der Waals surface area contributed by atoms with Gasteiger partial charge in [-0.25, -0.2) is 0 Å². The summed E-state index contributed by atoms with van der Waals surface area (Å²) in [7, 11) is 0. The van der Waals surface area contributed by atoms with E-state index >= 15 is 0 Å². The predicted molar refractivity (Wildman–Crippen MR) is 72.2 cm³/mol. The molecule has 0 amide bonds. The van der Waals surface area contributed by atoms with Crippen LogP contribution in [-0.2, 0) is 5.75 Å². The summed E-state index contributed by atoms with van der Waals surface area (Å²) in [6, 6.07) is 17.6. The highest BCUT2D eigenvalue weighted by Crippen LogP contribution is 2.28. The molecule has 0 aliphatic rings. The molecule has 0 aromatic heterocycles. The van der Waals surface area contributed by atoms with E-state index in [1.54, 1.807) is 11.8 Å². The van der Waals surface area contributed by atoms with Gasteiger partial charge >= 0.3 is 0 Å². The van der Waals surface area contributed by atoms with Crippen molar-refractivity contribution in [2.45, 2.75) is 10.6 Å². The summed E-state index contributed by atoms with van der Waals surface area (Å²) in [6.45, 7) is 0. The summed E-state index contributed by atoms with van der Waals surface area (Å²) in [6.07, 6.45) is 0. The van der Waals surface area contributed by atoms with Crippen LogP contribution in [-0.4, -0.2) is 0 Å². The Hall–Kier alpha value is -1.43. The van der Waals surface area contributed by atoms with Crippen molar-refractivity contribution in [2.24, 2.45) is 0 Å². The quantitative estimate of drug-likeness (QED) is 0.758. The first-order chi connectivity index (χ1) is 8.31. The molecule has 0 saturated heterocycles. The van der Waals surface area contributed by atoms with Crippen LogP contribution in [0.1, 0.15) is 11.1 Å². The number of benzene rings is 2. The Morgan fingerprint density at radius 2 is 1.76 bits per heavy atom. The maximum Gasteiger partial charge on any atom is 0.100 e. The van der Waals surface area contributed by atoms with Crippen LogP contribution in [0.2, 0.25) is 5.02 Å². The molecule has 0 spiro atoms. The maximum absolute atomic E-state index is 8.98. The molecule has 0 unspecified atom stereocenters. The van der Waals surface area contributed by atoms with E-state index in [-0.39, 0.29) is 0 Å². The lowest BCUT2D eigenvalue weighted by Crippen LogP contribution is -1.84. The molecule has 0 heterocycles. The first kappa shape index (κ1) is 12.0. The Kier molecular flexibility index (Phi) is 4.08. The van der Waals surface area contributed by atoms with Crippen molar-refractivity contribution >= 4 is 23.4 Å². The molecular formula is C14H10ClNS.